The van der Waals surface area contributed by atoms with Gasteiger partial charge in [0, 0.05) is 17.0 Å². The highest BCUT2D eigenvalue weighted by atomic mass is 35.5. The third kappa shape index (κ3) is 5.37. The number of carbonyl (C=O) groups excluding carboxylic acids is 1. The minimum Gasteiger partial charge on any atom is -0.478 e. The first-order valence-corrected chi connectivity index (χ1v) is 11.9. The number of nitrogens with one attached hydrogen (secondary N) is 1. The number of carboxylic acid groups (broad SMARTS) is 1. The Balaban J connectivity index is 1.52. The topological polar surface area (TPSA) is 84.2 Å². The fraction of sp³-hybridized carbons (Fsp3) is 0.0690. The molecular formula is C29H21ClFN3O3. The van der Waals surface area contributed by atoms with Crippen molar-refractivity contribution in [3.05, 3.63) is 124 Å². The summed E-state index contributed by atoms with van der Waals surface area (Å²) < 4.78 is 15.3. The fourth-order valence-corrected chi connectivity index (χ4v) is 4.40. The van der Waals surface area contributed by atoms with Gasteiger partial charge in [0.05, 0.1) is 29.4 Å². The second-order valence-electron chi connectivity index (χ2n) is 8.59. The maximum absolute atomic E-state index is 13.5. The predicted molar refractivity (Wildman–Crippen MR) is 140 cm³/mol. The van der Waals surface area contributed by atoms with Gasteiger partial charge in [0.2, 0.25) is 0 Å². The van der Waals surface area contributed by atoms with Crippen molar-refractivity contribution < 1.29 is 19.1 Å². The van der Waals surface area contributed by atoms with Gasteiger partial charge in [-0.25, -0.2) is 9.18 Å². The van der Waals surface area contributed by atoms with Gasteiger partial charge in [0.25, 0.3) is 5.91 Å². The molecule has 0 unspecified atom stereocenters. The Bertz CT molecular complexity index is 1610. The van der Waals surface area contributed by atoms with Gasteiger partial charge in [0.15, 0.2) is 0 Å². The molecule has 0 aliphatic carbocycles. The number of carbonyl (C=O) groups is 2. The van der Waals surface area contributed by atoms with Crippen molar-refractivity contribution in [2.45, 2.75) is 13.1 Å². The van der Waals surface area contributed by atoms with Crippen molar-refractivity contribution in [1.29, 1.82) is 0 Å². The number of fused-ring (bicyclic) bond motifs is 1. The van der Waals surface area contributed by atoms with Crippen molar-refractivity contribution in [1.82, 2.24) is 15.1 Å². The standard InChI is InChI=1S/C29H21ClFN3O3/c30-24-3-1-2-19(12-24)17-34-27-23(16-33-34)13-22(20-8-10-25(31)11-9-20)14-26(27)28(35)32-15-18-4-6-21(7-5-18)29(36)37/h1-14,16H,15,17H2,(H,32,35)(H,36,37). The monoisotopic (exact) mass is 513 g/mol. The van der Waals surface area contributed by atoms with Crippen LogP contribution in [0.4, 0.5) is 4.39 Å². The van der Waals surface area contributed by atoms with Crippen LogP contribution >= 0.6 is 11.6 Å². The zero-order valence-corrected chi connectivity index (χ0v) is 20.2. The molecule has 0 radical (unpaired) electrons. The first kappa shape index (κ1) is 24.2. The summed E-state index contributed by atoms with van der Waals surface area (Å²) >= 11 is 6.16. The summed E-state index contributed by atoms with van der Waals surface area (Å²) in [5.74, 6) is -1.67. The van der Waals surface area contributed by atoms with Crippen LogP contribution in [0.1, 0.15) is 31.8 Å². The van der Waals surface area contributed by atoms with E-state index in [4.69, 9.17) is 16.7 Å². The van der Waals surface area contributed by atoms with Crippen molar-refractivity contribution in [2.75, 3.05) is 0 Å². The zero-order valence-electron chi connectivity index (χ0n) is 19.5. The second kappa shape index (κ2) is 10.2. The largest absolute Gasteiger partial charge is 0.478 e. The predicted octanol–water partition coefficient (Wildman–Crippen LogP) is 6.17. The van der Waals surface area contributed by atoms with Crippen LogP contribution in [0.2, 0.25) is 5.02 Å². The Morgan fingerprint density at radius 2 is 1.68 bits per heavy atom. The molecule has 0 saturated carbocycles. The van der Waals surface area contributed by atoms with E-state index in [0.717, 1.165) is 27.6 Å². The third-order valence-corrected chi connectivity index (χ3v) is 6.27. The van der Waals surface area contributed by atoms with Gasteiger partial charge in [-0.3, -0.25) is 9.48 Å². The lowest BCUT2D eigenvalue weighted by molar-refractivity contribution is 0.0696. The van der Waals surface area contributed by atoms with Crippen LogP contribution in [0, 0.1) is 5.82 Å². The SMILES string of the molecule is O=C(O)c1ccc(CNC(=O)c2cc(-c3ccc(F)cc3)cc3cnn(Cc4cccc(Cl)c4)c23)cc1. The normalized spacial score (nSPS) is 11.0. The Labute approximate surface area is 216 Å². The smallest absolute Gasteiger partial charge is 0.335 e. The third-order valence-electron chi connectivity index (χ3n) is 6.03. The van der Waals surface area contributed by atoms with E-state index in [1.165, 1.54) is 24.3 Å². The molecule has 1 aromatic heterocycles. The van der Waals surface area contributed by atoms with Crippen molar-refractivity contribution in [3.63, 3.8) is 0 Å². The summed E-state index contributed by atoms with van der Waals surface area (Å²) in [5.41, 5.74) is 4.47. The molecule has 0 bridgehead atoms. The summed E-state index contributed by atoms with van der Waals surface area (Å²) in [6, 6.07) is 23.5. The van der Waals surface area contributed by atoms with Gasteiger partial charge in [0.1, 0.15) is 5.82 Å². The molecule has 1 heterocycles. The van der Waals surface area contributed by atoms with E-state index in [-0.39, 0.29) is 23.8 Å². The number of nitrogens with zero attached hydrogens (tertiary/aromatic N) is 2. The number of hydrogen-bond donors (Lipinski definition) is 2. The first-order valence-electron chi connectivity index (χ1n) is 11.5. The number of rotatable bonds is 7. The van der Waals surface area contributed by atoms with Gasteiger partial charge in [-0.05, 0) is 70.8 Å². The summed E-state index contributed by atoms with van der Waals surface area (Å²) in [6.45, 7) is 0.625. The number of aromatic nitrogens is 2. The number of carboxylic acids is 1. The maximum Gasteiger partial charge on any atom is 0.335 e. The van der Waals surface area contributed by atoms with Gasteiger partial charge < -0.3 is 10.4 Å². The maximum atomic E-state index is 13.5. The highest BCUT2D eigenvalue weighted by molar-refractivity contribution is 6.30. The zero-order chi connectivity index (χ0) is 25.9. The molecule has 184 valence electrons. The van der Waals surface area contributed by atoms with Crippen molar-refractivity contribution in [3.8, 4) is 11.1 Å². The molecule has 0 saturated heterocycles. The van der Waals surface area contributed by atoms with Crippen molar-refractivity contribution >= 4 is 34.4 Å². The molecule has 37 heavy (non-hydrogen) atoms. The van der Waals surface area contributed by atoms with E-state index >= 15 is 0 Å². The molecular weight excluding hydrogens is 493 g/mol. The summed E-state index contributed by atoms with van der Waals surface area (Å²) in [4.78, 5) is 24.6. The number of aromatic carboxylic acids is 1. The van der Waals surface area contributed by atoms with E-state index in [0.29, 0.717) is 22.6 Å². The average Bonchev–Trinajstić information content (AvgIpc) is 3.30. The molecule has 0 aliphatic heterocycles. The molecule has 5 aromatic rings. The molecule has 0 fully saturated rings. The van der Waals surface area contributed by atoms with Gasteiger partial charge in [-0.15, -0.1) is 0 Å². The lowest BCUT2D eigenvalue weighted by atomic mass is 9.99. The number of hydrogen-bond acceptors (Lipinski definition) is 3. The molecule has 1 amide bonds. The molecule has 0 atom stereocenters. The van der Waals surface area contributed by atoms with Gasteiger partial charge in [-0.1, -0.05) is 48.0 Å². The number of halogens is 2. The highest BCUT2D eigenvalue weighted by Gasteiger charge is 2.18. The summed E-state index contributed by atoms with van der Waals surface area (Å²) in [7, 11) is 0. The van der Waals surface area contributed by atoms with Crippen LogP contribution in [0.5, 0.6) is 0 Å². The molecule has 2 N–H and O–H groups in total. The highest BCUT2D eigenvalue weighted by Crippen LogP contribution is 2.29. The summed E-state index contributed by atoms with van der Waals surface area (Å²) in [6.07, 6.45) is 1.70. The molecule has 8 heteroatoms. The number of benzene rings is 4. The molecule has 5 rings (SSSR count). The first-order chi connectivity index (χ1) is 17.9. The molecule has 4 aromatic carbocycles. The Morgan fingerprint density at radius 1 is 0.919 bits per heavy atom. The minimum absolute atomic E-state index is 0.175. The Hall–Kier alpha value is -4.49. The van der Waals surface area contributed by atoms with E-state index in [2.05, 4.69) is 10.4 Å². The van der Waals surface area contributed by atoms with E-state index in [1.54, 1.807) is 47.3 Å². The number of amides is 1. The molecule has 6 nitrogen and oxygen atoms in total. The summed E-state index contributed by atoms with van der Waals surface area (Å²) in [5, 5.41) is 17.9. The Kier molecular flexibility index (Phi) is 6.70. The lowest BCUT2D eigenvalue weighted by Crippen LogP contribution is -2.24. The van der Waals surface area contributed by atoms with Crippen LogP contribution in [-0.2, 0) is 13.1 Å². The van der Waals surface area contributed by atoms with E-state index in [1.807, 2.05) is 24.3 Å². The van der Waals surface area contributed by atoms with Crippen LogP contribution in [0.15, 0.2) is 91.1 Å². The van der Waals surface area contributed by atoms with Crippen LogP contribution < -0.4 is 5.32 Å². The minimum atomic E-state index is -1.01. The van der Waals surface area contributed by atoms with Crippen LogP contribution in [0.3, 0.4) is 0 Å². The molecule has 0 aliphatic rings. The fourth-order valence-electron chi connectivity index (χ4n) is 4.19. The van der Waals surface area contributed by atoms with Crippen LogP contribution in [0.25, 0.3) is 22.0 Å². The lowest BCUT2D eigenvalue weighted by Gasteiger charge is -2.12. The van der Waals surface area contributed by atoms with Crippen LogP contribution in [-0.4, -0.2) is 26.8 Å². The van der Waals surface area contributed by atoms with E-state index in [9.17, 15) is 14.0 Å². The quantitative estimate of drug-likeness (QED) is 0.272. The van der Waals surface area contributed by atoms with Crippen molar-refractivity contribution in [2.24, 2.45) is 0 Å². The average molecular weight is 514 g/mol. The van der Waals surface area contributed by atoms with Gasteiger partial charge in [-0.2, -0.15) is 5.10 Å². The Morgan fingerprint density at radius 3 is 2.38 bits per heavy atom. The van der Waals surface area contributed by atoms with Gasteiger partial charge >= 0.3 is 5.97 Å². The molecule has 0 spiro atoms. The van der Waals surface area contributed by atoms with E-state index < -0.39 is 5.97 Å². The second-order valence-corrected chi connectivity index (χ2v) is 9.02.